The minimum atomic E-state index is -0.0782. The first-order valence-electron chi connectivity index (χ1n) is 8.22. The van der Waals surface area contributed by atoms with Gasteiger partial charge in [-0.2, -0.15) is 0 Å². The average Bonchev–Trinajstić information content (AvgIpc) is 3.22. The van der Waals surface area contributed by atoms with Crippen molar-refractivity contribution in [1.29, 1.82) is 0 Å². The molecule has 0 aliphatic carbocycles. The number of aryl methyl sites for hydroxylation is 1. The summed E-state index contributed by atoms with van der Waals surface area (Å²) in [5.41, 5.74) is 1.81. The van der Waals surface area contributed by atoms with Crippen LogP contribution in [0.1, 0.15) is 41.8 Å². The third kappa shape index (κ3) is 3.76. The van der Waals surface area contributed by atoms with Crippen molar-refractivity contribution in [2.24, 2.45) is 0 Å². The van der Waals surface area contributed by atoms with E-state index in [9.17, 15) is 4.79 Å². The monoisotopic (exact) mass is 329 g/mol. The molecule has 0 saturated carbocycles. The van der Waals surface area contributed by atoms with E-state index in [1.807, 2.05) is 42.2 Å². The molecule has 0 radical (unpaired) electrons. The van der Waals surface area contributed by atoms with Crippen LogP contribution < -0.4 is 5.32 Å². The molecule has 1 unspecified atom stereocenters. The quantitative estimate of drug-likeness (QED) is 0.915. The van der Waals surface area contributed by atoms with Gasteiger partial charge in [0.25, 0.3) is 0 Å². The van der Waals surface area contributed by atoms with Crippen LogP contribution in [0.2, 0.25) is 0 Å². The maximum absolute atomic E-state index is 12.5. The van der Waals surface area contributed by atoms with Gasteiger partial charge in [0.15, 0.2) is 0 Å². The summed E-state index contributed by atoms with van der Waals surface area (Å²) in [4.78, 5) is 18.8. The summed E-state index contributed by atoms with van der Waals surface area (Å²) < 4.78 is 10.9. The lowest BCUT2D eigenvalue weighted by molar-refractivity contribution is 0.156. The molecule has 0 aromatic carbocycles. The lowest BCUT2D eigenvalue weighted by atomic mass is 10.2. The van der Waals surface area contributed by atoms with Crippen molar-refractivity contribution < 1.29 is 13.9 Å². The molecule has 1 saturated heterocycles. The summed E-state index contributed by atoms with van der Waals surface area (Å²) >= 11 is 0. The highest BCUT2D eigenvalue weighted by molar-refractivity contribution is 5.75. The van der Waals surface area contributed by atoms with E-state index in [0.717, 1.165) is 42.3 Å². The Morgan fingerprint density at radius 3 is 3.08 bits per heavy atom. The van der Waals surface area contributed by atoms with Crippen LogP contribution >= 0.6 is 0 Å². The summed E-state index contributed by atoms with van der Waals surface area (Å²) in [6, 6.07) is 9.56. The van der Waals surface area contributed by atoms with Crippen LogP contribution in [-0.2, 0) is 17.9 Å². The Morgan fingerprint density at radius 2 is 2.29 bits per heavy atom. The number of methoxy groups -OCH3 is 1. The first kappa shape index (κ1) is 16.5. The number of amides is 2. The van der Waals surface area contributed by atoms with Gasteiger partial charge in [0, 0.05) is 19.3 Å². The molecule has 3 rings (SSSR count). The van der Waals surface area contributed by atoms with E-state index in [4.69, 9.17) is 9.15 Å². The van der Waals surface area contributed by atoms with Gasteiger partial charge in [-0.1, -0.05) is 6.07 Å². The zero-order valence-corrected chi connectivity index (χ0v) is 14.1. The minimum absolute atomic E-state index is 0.0129. The molecule has 128 valence electrons. The normalized spacial score (nSPS) is 17.2. The molecular formula is C18H23N3O3. The number of carbonyl (C=O) groups excluding carboxylic acids is 1. The number of rotatable bonds is 5. The summed E-state index contributed by atoms with van der Waals surface area (Å²) in [7, 11) is 1.64. The molecule has 2 aromatic rings. The van der Waals surface area contributed by atoms with E-state index < -0.39 is 0 Å². The van der Waals surface area contributed by atoms with Gasteiger partial charge in [0.2, 0.25) is 0 Å². The smallest absolute Gasteiger partial charge is 0.318 e. The molecule has 1 atom stereocenters. The van der Waals surface area contributed by atoms with E-state index in [1.165, 1.54) is 0 Å². The molecule has 0 spiro atoms. The highest BCUT2D eigenvalue weighted by Gasteiger charge is 2.32. The molecule has 1 N–H and O–H groups in total. The van der Waals surface area contributed by atoms with Crippen LogP contribution in [0.4, 0.5) is 4.79 Å². The Morgan fingerprint density at radius 1 is 1.42 bits per heavy atom. The molecule has 1 aliphatic heterocycles. The highest BCUT2D eigenvalue weighted by Crippen LogP contribution is 2.33. The summed E-state index contributed by atoms with van der Waals surface area (Å²) in [5.74, 6) is 1.60. The lowest BCUT2D eigenvalue weighted by Crippen LogP contribution is -2.39. The second-order valence-electron chi connectivity index (χ2n) is 6.02. The second-order valence-corrected chi connectivity index (χ2v) is 6.02. The lowest BCUT2D eigenvalue weighted by Gasteiger charge is -2.23. The van der Waals surface area contributed by atoms with Crippen molar-refractivity contribution in [2.45, 2.75) is 39.0 Å². The van der Waals surface area contributed by atoms with Crippen LogP contribution in [0.3, 0.4) is 0 Å². The minimum Gasteiger partial charge on any atom is -0.461 e. The van der Waals surface area contributed by atoms with E-state index in [1.54, 1.807) is 7.11 Å². The van der Waals surface area contributed by atoms with Crippen LogP contribution in [0.25, 0.3) is 0 Å². The molecule has 6 nitrogen and oxygen atoms in total. The number of urea groups is 1. The van der Waals surface area contributed by atoms with Gasteiger partial charge in [-0.25, -0.2) is 4.79 Å². The molecular weight excluding hydrogens is 306 g/mol. The Bertz CT molecular complexity index is 698. The van der Waals surface area contributed by atoms with Crippen molar-refractivity contribution >= 4 is 6.03 Å². The maximum Gasteiger partial charge on any atom is 0.318 e. The van der Waals surface area contributed by atoms with Crippen LogP contribution in [0.5, 0.6) is 0 Å². The predicted molar refractivity (Wildman–Crippen MR) is 89.3 cm³/mol. The molecule has 0 bridgehead atoms. The summed E-state index contributed by atoms with van der Waals surface area (Å²) in [5, 5.41) is 2.96. The Kier molecular flexibility index (Phi) is 5.15. The van der Waals surface area contributed by atoms with Crippen molar-refractivity contribution in [2.75, 3.05) is 13.7 Å². The fourth-order valence-electron chi connectivity index (χ4n) is 3.06. The SMILES string of the molecule is COCc1ccc(C2CCCN2C(=O)NCc2cccc(C)n2)o1. The second kappa shape index (κ2) is 7.49. The largest absolute Gasteiger partial charge is 0.461 e. The van der Waals surface area contributed by atoms with Gasteiger partial charge in [-0.3, -0.25) is 4.98 Å². The average molecular weight is 329 g/mol. The van der Waals surface area contributed by atoms with Crippen LogP contribution in [-0.4, -0.2) is 29.6 Å². The van der Waals surface area contributed by atoms with E-state index in [2.05, 4.69) is 10.3 Å². The number of carbonyl (C=O) groups is 1. The van der Waals surface area contributed by atoms with E-state index >= 15 is 0 Å². The van der Waals surface area contributed by atoms with Gasteiger partial charge in [0.05, 0.1) is 18.3 Å². The number of hydrogen-bond acceptors (Lipinski definition) is 4. The highest BCUT2D eigenvalue weighted by atomic mass is 16.5. The van der Waals surface area contributed by atoms with E-state index in [-0.39, 0.29) is 12.1 Å². The third-order valence-electron chi connectivity index (χ3n) is 4.18. The Balaban J connectivity index is 1.62. The molecule has 3 heterocycles. The van der Waals surface area contributed by atoms with Crippen molar-refractivity contribution in [3.63, 3.8) is 0 Å². The molecule has 2 aromatic heterocycles. The van der Waals surface area contributed by atoms with Gasteiger partial charge >= 0.3 is 6.03 Å². The fraction of sp³-hybridized carbons (Fsp3) is 0.444. The number of furan rings is 1. The molecule has 24 heavy (non-hydrogen) atoms. The van der Waals surface area contributed by atoms with Gasteiger partial charge in [-0.15, -0.1) is 0 Å². The maximum atomic E-state index is 12.5. The fourth-order valence-corrected chi connectivity index (χ4v) is 3.06. The first-order valence-corrected chi connectivity index (χ1v) is 8.22. The zero-order valence-electron chi connectivity index (χ0n) is 14.1. The molecule has 6 heteroatoms. The Hall–Kier alpha value is -2.34. The molecule has 1 aliphatic rings. The van der Waals surface area contributed by atoms with E-state index in [0.29, 0.717) is 13.2 Å². The number of pyridine rings is 1. The topological polar surface area (TPSA) is 67.6 Å². The number of hydrogen-bond donors (Lipinski definition) is 1. The Labute approximate surface area is 141 Å². The van der Waals surface area contributed by atoms with Gasteiger partial charge in [0.1, 0.15) is 18.1 Å². The van der Waals surface area contributed by atoms with Crippen LogP contribution in [0, 0.1) is 6.92 Å². The number of ether oxygens (including phenoxy) is 1. The van der Waals surface area contributed by atoms with Gasteiger partial charge < -0.3 is 19.4 Å². The van der Waals surface area contributed by atoms with Crippen molar-refractivity contribution in [3.8, 4) is 0 Å². The summed E-state index contributed by atoms with van der Waals surface area (Å²) in [6.07, 6.45) is 1.89. The number of likely N-dealkylation sites (tertiary alicyclic amines) is 1. The summed E-state index contributed by atoms with van der Waals surface area (Å²) in [6.45, 7) is 3.54. The molecule has 1 fully saturated rings. The predicted octanol–water partition coefficient (Wildman–Crippen LogP) is 3.18. The first-order chi connectivity index (χ1) is 11.7. The third-order valence-corrected chi connectivity index (χ3v) is 4.18. The molecule has 2 amide bonds. The van der Waals surface area contributed by atoms with Crippen molar-refractivity contribution in [3.05, 3.63) is 53.2 Å². The zero-order chi connectivity index (χ0) is 16.9. The standard InChI is InChI=1S/C18H23N3O3/c1-13-5-3-6-14(20-13)11-19-18(22)21-10-4-7-16(21)17-9-8-15(24-17)12-23-2/h3,5-6,8-9,16H,4,7,10-12H2,1-2H3,(H,19,22). The van der Waals surface area contributed by atoms with Gasteiger partial charge in [-0.05, 0) is 44.0 Å². The number of aromatic nitrogens is 1. The van der Waals surface area contributed by atoms with Crippen molar-refractivity contribution in [1.82, 2.24) is 15.2 Å². The number of nitrogens with zero attached hydrogens (tertiary/aromatic N) is 2. The number of nitrogens with one attached hydrogen (secondary N) is 1. The van der Waals surface area contributed by atoms with Crippen LogP contribution in [0.15, 0.2) is 34.7 Å².